The molecule has 0 aliphatic rings. The maximum atomic E-state index is 11.7. The fourth-order valence-electron chi connectivity index (χ4n) is 1.64. The SMILES string of the molecule is Cc1cc(Br)cc(-c2nnc(NC(=O)OC(C)(C)C)s2)c1. The Hall–Kier alpha value is -1.47. The molecule has 0 saturated heterocycles. The highest BCUT2D eigenvalue weighted by molar-refractivity contribution is 9.10. The third-order valence-corrected chi connectivity index (χ3v) is 3.67. The first-order chi connectivity index (χ1) is 9.73. The summed E-state index contributed by atoms with van der Waals surface area (Å²) >= 11 is 4.76. The van der Waals surface area contributed by atoms with Gasteiger partial charge in [-0.2, -0.15) is 0 Å². The Morgan fingerprint density at radius 2 is 2.00 bits per heavy atom. The highest BCUT2D eigenvalue weighted by Crippen LogP contribution is 2.29. The molecule has 0 bridgehead atoms. The van der Waals surface area contributed by atoms with E-state index in [0.29, 0.717) is 5.13 Å². The number of carbonyl (C=O) groups excluding carboxylic acids is 1. The Morgan fingerprint density at radius 3 is 2.62 bits per heavy atom. The van der Waals surface area contributed by atoms with E-state index in [0.717, 1.165) is 20.6 Å². The fraction of sp³-hybridized carbons (Fsp3) is 0.357. The van der Waals surface area contributed by atoms with Crippen molar-refractivity contribution in [2.45, 2.75) is 33.3 Å². The van der Waals surface area contributed by atoms with Gasteiger partial charge in [0.2, 0.25) is 5.13 Å². The van der Waals surface area contributed by atoms with Crippen LogP contribution in [0.2, 0.25) is 0 Å². The Bertz CT molecular complexity index is 644. The summed E-state index contributed by atoms with van der Waals surface area (Å²) in [7, 11) is 0. The highest BCUT2D eigenvalue weighted by atomic mass is 79.9. The molecule has 1 aromatic carbocycles. The molecule has 5 nitrogen and oxygen atoms in total. The minimum atomic E-state index is -0.543. The summed E-state index contributed by atoms with van der Waals surface area (Å²) in [4.78, 5) is 11.7. The standard InChI is InChI=1S/C14H16BrN3O2S/c1-8-5-9(7-10(15)6-8)11-17-18-12(21-11)16-13(19)20-14(2,3)4/h5-7H,1-4H3,(H,16,18,19). The summed E-state index contributed by atoms with van der Waals surface area (Å²) in [5.41, 5.74) is 1.53. The number of nitrogens with one attached hydrogen (secondary N) is 1. The van der Waals surface area contributed by atoms with Crippen LogP contribution in [0.4, 0.5) is 9.93 Å². The number of aromatic nitrogens is 2. The van der Waals surface area contributed by atoms with Crippen LogP contribution >= 0.6 is 27.3 Å². The van der Waals surface area contributed by atoms with Gasteiger partial charge >= 0.3 is 6.09 Å². The predicted octanol–water partition coefficient (Wildman–Crippen LogP) is 4.62. The van der Waals surface area contributed by atoms with E-state index < -0.39 is 11.7 Å². The molecule has 1 aromatic heterocycles. The number of rotatable bonds is 2. The summed E-state index contributed by atoms with van der Waals surface area (Å²) < 4.78 is 6.16. The van der Waals surface area contributed by atoms with Gasteiger partial charge in [-0.1, -0.05) is 27.3 Å². The number of hydrogen-bond donors (Lipinski definition) is 1. The molecule has 112 valence electrons. The van der Waals surface area contributed by atoms with Gasteiger partial charge in [0, 0.05) is 10.0 Å². The van der Waals surface area contributed by atoms with Crippen LogP contribution in [0.1, 0.15) is 26.3 Å². The van der Waals surface area contributed by atoms with Crippen LogP contribution in [-0.2, 0) is 4.74 Å². The molecule has 2 rings (SSSR count). The summed E-state index contributed by atoms with van der Waals surface area (Å²) in [6.45, 7) is 7.43. The lowest BCUT2D eigenvalue weighted by Gasteiger charge is -2.18. The normalized spacial score (nSPS) is 11.3. The lowest BCUT2D eigenvalue weighted by atomic mass is 10.1. The Labute approximate surface area is 135 Å². The summed E-state index contributed by atoms with van der Waals surface area (Å²) in [6.07, 6.45) is -0.532. The van der Waals surface area contributed by atoms with Crippen LogP contribution < -0.4 is 5.32 Å². The number of aryl methyl sites for hydroxylation is 1. The summed E-state index contributed by atoms with van der Waals surface area (Å²) in [5, 5.41) is 11.8. The number of nitrogens with zero attached hydrogens (tertiary/aromatic N) is 2. The molecule has 0 aliphatic heterocycles. The molecule has 0 radical (unpaired) electrons. The maximum absolute atomic E-state index is 11.7. The van der Waals surface area contributed by atoms with E-state index in [4.69, 9.17) is 4.74 Å². The van der Waals surface area contributed by atoms with Gasteiger partial charge in [-0.25, -0.2) is 4.79 Å². The van der Waals surface area contributed by atoms with Crippen molar-refractivity contribution < 1.29 is 9.53 Å². The van der Waals surface area contributed by atoms with Crippen molar-refractivity contribution in [2.75, 3.05) is 5.32 Å². The molecule has 0 fully saturated rings. The molecule has 7 heteroatoms. The maximum Gasteiger partial charge on any atom is 0.414 e. The van der Waals surface area contributed by atoms with Crippen LogP contribution in [0, 0.1) is 6.92 Å². The molecule has 0 spiro atoms. The average molecular weight is 370 g/mol. The molecule has 21 heavy (non-hydrogen) atoms. The molecular formula is C14H16BrN3O2S. The predicted molar refractivity (Wildman–Crippen MR) is 87.6 cm³/mol. The van der Waals surface area contributed by atoms with E-state index in [1.165, 1.54) is 11.3 Å². The van der Waals surface area contributed by atoms with Gasteiger partial charge in [-0.15, -0.1) is 10.2 Å². The molecule has 1 heterocycles. The topological polar surface area (TPSA) is 64.1 Å². The zero-order chi connectivity index (χ0) is 15.6. The number of carbonyl (C=O) groups is 1. The molecule has 1 N–H and O–H groups in total. The minimum absolute atomic E-state index is 0.414. The lowest BCUT2D eigenvalue weighted by Crippen LogP contribution is -2.27. The van der Waals surface area contributed by atoms with Gasteiger partial charge in [-0.05, 0) is 51.5 Å². The Morgan fingerprint density at radius 1 is 1.29 bits per heavy atom. The molecule has 0 saturated carbocycles. The summed E-state index contributed by atoms with van der Waals surface area (Å²) in [6, 6.07) is 6.00. The first-order valence-electron chi connectivity index (χ1n) is 6.34. The van der Waals surface area contributed by atoms with Crippen LogP contribution in [0.25, 0.3) is 10.6 Å². The number of hydrogen-bond acceptors (Lipinski definition) is 5. The van der Waals surface area contributed by atoms with E-state index >= 15 is 0 Å². The molecule has 1 amide bonds. The molecule has 0 atom stereocenters. The van der Waals surface area contributed by atoms with Gasteiger partial charge in [0.25, 0.3) is 0 Å². The van der Waals surface area contributed by atoms with Crippen molar-refractivity contribution in [3.05, 3.63) is 28.2 Å². The van der Waals surface area contributed by atoms with Gasteiger partial charge in [0.15, 0.2) is 0 Å². The van der Waals surface area contributed by atoms with Crippen molar-refractivity contribution in [1.29, 1.82) is 0 Å². The first kappa shape index (κ1) is 15.9. The fourth-order valence-corrected chi connectivity index (χ4v) is 2.97. The number of amides is 1. The third-order valence-electron chi connectivity index (χ3n) is 2.32. The second-order valence-electron chi connectivity index (χ2n) is 5.56. The van der Waals surface area contributed by atoms with E-state index in [-0.39, 0.29) is 0 Å². The highest BCUT2D eigenvalue weighted by Gasteiger charge is 2.18. The monoisotopic (exact) mass is 369 g/mol. The van der Waals surface area contributed by atoms with Crippen LogP contribution in [0.5, 0.6) is 0 Å². The smallest absolute Gasteiger partial charge is 0.414 e. The Balaban J connectivity index is 2.13. The van der Waals surface area contributed by atoms with Crippen LogP contribution in [0.15, 0.2) is 22.7 Å². The molecule has 0 aliphatic carbocycles. The largest absolute Gasteiger partial charge is 0.444 e. The van der Waals surface area contributed by atoms with Gasteiger partial charge in [-0.3, -0.25) is 5.32 Å². The average Bonchev–Trinajstić information content (AvgIpc) is 2.73. The van der Waals surface area contributed by atoms with E-state index in [9.17, 15) is 4.79 Å². The van der Waals surface area contributed by atoms with E-state index in [1.807, 2.05) is 45.9 Å². The van der Waals surface area contributed by atoms with Crippen molar-refractivity contribution in [2.24, 2.45) is 0 Å². The van der Waals surface area contributed by atoms with Crippen LogP contribution in [-0.4, -0.2) is 21.9 Å². The number of halogens is 1. The third kappa shape index (κ3) is 4.78. The number of ether oxygens (including phenoxy) is 1. The quantitative estimate of drug-likeness (QED) is 0.838. The minimum Gasteiger partial charge on any atom is -0.444 e. The first-order valence-corrected chi connectivity index (χ1v) is 7.95. The number of benzene rings is 1. The zero-order valence-electron chi connectivity index (χ0n) is 12.2. The van der Waals surface area contributed by atoms with E-state index in [2.05, 4.69) is 31.4 Å². The van der Waals surface area contributed by atoms with Crippen molar-refractivity contribution in [3.8, 4) is 10.6 Å². The van der Waals surface area contributed by atoms with Crippen molar-refractivity contribution >= 4 is 38.5 Å². The Kier molecular flexibility index (Phi) is 4.63. The number of anilines is 1. The van der Waals surface area contributed by atoms with Crippen molar-refractivity contribution in [1.82, 2.24) is 10.2 Å². The van der Waals surface area contributed by atoms with E-state index in [1.54, 1.807) is 0 Å². The molecular weight excluding hydrogens is 354 g/mol. The lowest BCUT2D eigenvalue weighted by molar-refractivity contribution is 0.0636. The summed E-state index contributed by atoms with van der Waals surface area (Å²) in [5.74, 6) is 0. The second-order valence-corrected chi connectivity index (χ2v) is 7.45. The van der Waals surface area contributed by atoms with Gasteiger partial charge < -0.3 is 4.74 Å². The molecule has 2 aromatic rings. The zero-order valence-corrected chi connectivity index (χ0v) is 14.6. The van der Waals surface area contributed by atoms with Crippen LogP contribution in [0.3, 0.4) is 0 Å². The van der Waals surface area contributed by atoms with Crippen molar-refractivity contribution in [3.63, 3.8) is 0 Å². The van der Waals surface area contributed by atoms with Gasteiger partial charge in [0.1, 0.15) is 10.6 Å². The second kappa shape index (κ2) is 6.11. The van der Waals surface area contributed by atoms with Gasteiger partial charge in [0.05, 0.1) is 0 Å². The molecule has 0 unspecified atom stereocenters.